The summed E-state index contributed by atoms with van der Waals surface area (Å²) >= 11 is 18.7. The standard InChI is InChI=1S/C13H14BrFO2.C12H12BrFO3.C12H14BrFO3.C12H12BrFO3.C7H4BrFO2.C7H5FO2.C6H5FO.C5H8O.C2H5ClO.B.Mn.Na.2O.H/c1-3-4-13(2)7-11(16)8-5-9(14)10(15)6-12(8)17-13;1-12-4-10(16-11(15)5-12)6-2-7(13)8(14)3-9(6)17-12;2*1-12(2-3-15)6-10(16)7-4-8(13)9(14)5-11(7)17-12;8-5-1-4(3-10)7(11)2-6(5)9;8-6-2-1-5(4-9)7(10)3-6;7-5-2-1-3-6(8)4-5;1-5(2)3-4-6;1-4-2-3;;;;;;/h5-6H,3-4,7H2,1-2H3;2-3,10-11,15H,4-5H2,1H3;4-5,10,15-16H,2-3,6H2,1H3;4-5,15H,2-3,6H2,1H3;1-3,11H;1-4,10H;1-4,8H;3-4H,1-2H3;2H2,1H3;;;;;;/q;;;;;;;;;;;+1;;;-1. The Balaban J connectivity index is 0.00000127. The Morgan fingerprint density at radius 1 is 0.580 bits per heavy atom. The molecule has 0 aliphatic carbocycles. The first-order valence-corrected chi connectivity index (χ1v) is 38.1. The number of ketones is 2. The first kappa shape index (κ1) is 104. The van der Waals surface area contributed by atoms with Gasteiger partial charge in [0.2, 0.25) is 0 Å². The second-order valence-electron chi connectivity index (χ2n) is 25.5. The van der Waals surface area contributed by atoms with Gasteiger partial charge in [-0.15, -0.1) is 0 Å². The van der Waals surface area contributed by atoms with E-state index in [2.05, 4.69) is 84.4 Å². The van der Waals surface area contributed by atoms with Crippen molar-refractivity contribution < 1.29 is 172 Å². The minimum absolute atomic E-state index is 0. The second-order valence-corrected chi connectivity index (χ2v) is 30.2. The molecular weight excluding hydrogens is 1890 g/mol. The number of alkyl halides is 1. The number of carbonyl (C=O) groups is 5. The molecule has 112 heavy (non-hydrogen) atoms. The minimum atomic E-state index is -1.44. The molecule has 7 aromatic carbocycles. The van der Waals surface area contributed by atoms with Crippen LogP contribution in [0.1, 0.15) is 172 Å². The van der Waals surface area contributed by atoms with Gasteiger partial charge in [0.25, 0.3) is 0 Å². The van der Waals surface area contributed by atoms with Gasteiger partial charge in [-0.2, -0.15) is 0 Å². The molecular formula is C76H80BBr5ClF7MnNaO20. The van der Waals surface area contributed by atoms with Gasteiger partial charge in [-0.05, 0) is 188 Å². The van der Waals surface area contributed by atoms with E-state index in [0.29, 0.717) is 105 Å². The summed E-state index contributed by atoms with van der Waals surface area (Å²) in [6, 6.07) is 22.1. The third kappa shape index (κ3) is 33.5. The number of fused-ring (bicyclic) bond motifs is 7. The quantitative estimate of drug-likeness (QED) is 0.0220. The Bertz CT molecular complexity index is 4280. The average Bonchev–Trinajstić information content (AvgIpc) is 0.804. The van der Waals surface area contributed by atoms with E-state index in [4.69, 9.17) is 68.5 Å². The molecule has 7 atom stereocenters. The zero-order valence-corrected chi connectivity index (χ0v) is 73.5. The monoisotopic (exact) mass is 1960 g/mol. The first-order chi connectivity index (χ1) is 51.6. The van der Waals surface area contributed by atoms with Gasteiger partial charge in [-0.3, -0.25) is 24.0 Å². The molecule has 5 aliphatic rings. The van der Waals surface area contributed by atoms with Crippen molar-refractivity contribution in [2.24, 2.45) is 0 Å². The number of carbonyl (C=O) groups excluding carboxylic acids is 5. The maximum atomic E-state index is 13.5. The number of methoxy groups -OCH3 is 1. The molecule has 5 aliphatic heterocycles. The number of hydrogen-bond donors (Lipinski definition) is 7. The number of halogens is 13. The fourth-order valence-corrected chi connectivity index (χ4v) is 12.5. The van der Waals surface area contributed by atoms with Crippen molar-refractivity contribution in [2.45, 2.75) is 147 Å². The van der Waals surface area contributed by atoms with Gasteiger partial charge in [-0.1, -0.05) is 36.6 Å². The Kier molecular flexibility index (Phi) is 46.7. The van der Waals surface area contributed by atoms with Crippen LogP contribution in [0, 0.1) is 40.7 Å². The van der Waals surface area contributed by atoms with Gasteiger partial charge in [-0.25, -0.2) is 30.7 Å². The number of phenolic OH excluding ortho intramolecular Hbond substituents is 3. The topological polar surface area (TPSA) is 316 Å². The molecule has 1 fully saturated rings. The number of rotatable bonds is 10. The summed E-state index contributed by atoms with van der Waals surface area (Å²) in [7, 11) is 1.55. The van der Waals surface area contributed by atoms with Crippen LogP contribution in [0.15, 0.2) is 137 Å². The van der Waals surface area contributed by atoms with E-state index < -0.39 is 84.5 Å². The van der Waals surface area contributed by atoms with Gasteiger partial charge in [0, 0.05) is 114 Å². The van der Waals surface area contributed by atoms with Gasteiger partial charge >= 0.3 is 52.0 Å². The van der Waals surface area contributed by atoms with Crippen molar-refractivity contribution >= 4 is 130 Å². The molecule has 2 bridgehead atoms. The molecule has 3 radical (unpaired) electrons. The number of phenols is 3. The second kappa shape index (κ2) is 50.1. The summed E-state index contributed by atoms with van der Waals surface area (Å²) < 4.78 is 141. The van der Waals surface area contributed by atoms with Crippen LogP contribution < -0.4 is 48.5 Å². The molecule has 7 N–H and O–H groups in total. The SMILES string of the molecule is CC(C)=CC=O.CC1(CCO)CC(=O)c2cc(Br)c(F)cc2O1.CC1(CCO)CC(O)c2cc(Br)c(F)cc2O1.CC12CC(O)OC(C1)c1cc(Br)c(F)cc1O2.CCCC1(C)CC(=O)c2cc(Br)c(F)cc2O1.COCCl.O=Cc1cc(Br)c(F)cc1O.O=Cc1ccc(F)cc1O.Oc1cccc(F)c1.[B].[H-].[Na+].[O]=[Mn]=[O]. The average molecular weight is 1970 g/mol. The Morgan fingerprint density at radius 2 is 1.00 bits per heavy atom. The summed E-state index contributed by atoms with van der Waals surface area (Å²) in [5.41, 5.74) is 1.04. The van der Waals surface area contributed by atoms with Crippen LogP contribution in [0.3, 0.4) is 0 Å². The van der Waals surface area contributed by atoms with E-state index in [1.165, 1.54) is 78.9 Å². The number of aliphatic hydroxyl groups excluding tert-OH is 4. The Morgan fingerprint density at radius 3 is 1.42 bits per heavy atom. The van der Waals surface area contributed by atoms with Crippen molar-refractivity contribution in [1.29, 1.82) is 0 Å². The summed E-state index contributed by atoms with van der Waals surface area (Å²) in [5.74, 6) is -2.53. The zero-order valence-electron chi connectivity index (χ0n) is 62.6. The van der Waals surface area contributed by atoms with Crippen LogP contribution in [0.2, 0.25) is 0 Å². The first-order valence-electron chi connectivity index (χ1n) is 32.7. The van der Waals surface area contributed by atoms with E-state index in [1.807, 2.05) is 34.6 Å². The van der Waals surface area contributed by atoms with E-state index in [9.17, 15) is 64.9 Å². The fourth-order valence-electron chi connectivity index (χ4n) is 10.7. The molecule has 1 saturated heterocycles. The number of Topliss-reactive ketones (excluding diaryl/α,β-unsaturated/α-hetero) is 2. The Hall–Kier alpha value is -5.63. The van der Waals surface area contributed by atoms with Crippen LogP contribution in [-0.4, -0.2) is 130 Å². The van der Waals surface area contributed by atoms with E-state index in [-0.39, 0.29) is 126 Å². The van der Waals surface area contributed by atoms with Gasteiger partial charge < -0.3 is 65.6 Å². The van der Waals surface area contributed by atoms with Crippen LogP contribution in [-0.2, 0) is 36.8 Å². The van der Waals surface area contributed by atoms with Crippen LogP contribution in [0.4, 0.5) is 30.7 Å². The van der Waals surface area contributed by atoms with E-state index >= 15 is 0 Å². The molecule has 0 aromatic heterocycles. The van der Waals surface area contributed by atoms with Crippen molar-refractivity contribution in [3.8, 4) is 40.2 Å². The number of hydrogen-bond acceptors (Lipinski definition) is 20. The van der Waals surface area contributed by atoms with Gasteiger partial charge in [0.1, 0.15) is 116 Å². The molecule has 20 nitrogen and oxygen atoms in total. The van der Waals surface area contributed by atoms with Crippen molar-refractivity contribution in [3.05, 3.63) is 211 Å². The molecule has 0 spiro atoms. The van der Waals surface area contributed by atoms with Crippen LogP contribution in [0.25, 0.3) is 0 Å². The molecule has 7 aromatic rings. The van der Waals surface area contributed by atoms with Crippen molar-refractivity contribution in [3.63, 3.8) is 0 Å². The van der Waals surface area contributed by atoms with Gasteiger partial charge in [0.05, 0.1) is 69.7 Å². The summed E-state index contributed by atoms with van der Waals surface area (Å²) in [6.07, 6.45) is 5.96. The molecule has 7 unspecified atom stereocenters. The normalized spacial score (nSPS) is 19.7. The van der Waals surface area contributed by atoms with E-state index in [0.717, 1.165) is 54.5 Å². The van der Waals surface area contributed by atoms with Crippen LogP contribution in [0.5, 0.6) is 40.2 Å². The molecule has 0 amide bonds. The Labute approximate surface area is 721 Å². The molecule has 0 saturated carbocycles. The molecule has 36 heteroatoms. The predicted molar refractivity (Wildman–Crippen MR) is 412 cm³/mol. The fraction of sp³-hybridized carbons (Fsp3) is 0.355. The van der Waals surface area contributed by atoms with Crippen molar-refractivity contribution in [1.82, 2.24) is 0 Å². The van der Waals surface area contributed by atoms with Crippen LogP contribution >= 0.6 is 91.3 Å². The number of ether oxygens (including phenoxy) is 6. The number of aldehydes is 3. The number of aliphatic hydroxyl groups is 4. The van der Waals surface area contributed by atoms with Gasteiger partial charge in [0.15, 0.2) is 30.4 Å². The third-order valence-electron chi connectivity index (χ3n) is 15.8. The molecule has 12 rings (SSSR count). The molecule has 606 valence electrons. The number of aromatic hydroxyl groups is 3. The number of allylic oxidation sites excluding steroid dienone is 2. The third-order valence-corrected chi connectivity index (χ3v) is 19.1. The summed E-state index contributed by atoms with van der Waals surface area (Å²) in [4.78, 5) is 53.7. The summed E-state index contributed by atoms with van der Waals surface area (Å²) in [5, 5.41) is 63.9. The summed E-state index contributed by atoms with van der Waals surface area (Å²) in [6.45, 7) is 13.1. The zero-order chi connectivity index (χ0) is 83.2. The molecule has 5 heterocycles. The maximum absolute atomic E-state index is 13.5. The predicted octanol–water partition coefficient (Wildman–Crippen LogP) is 15.7. The van der Waals surface area contributed by atoms with E-state index in [1.54, 1.807) is 27.0 Å². The number of benzene rings is 7. The van der Waals surface area contributed by atoms with Crippen molar-refractivity contribution in [2.75, 3.05) is 26.4 Å².